The van der Waals surface area contributed by atoms with Gasteiger partial charge in [0.15, 0.2) is 9.50 Å². The molecule has 0 amide bonds. The van der Waals surface area contributed by atoms with Crippen molar-refractivity contribution in [2.45, 2.75) is 111 Å². The molecule has 16 N–H and O–H groups in total. The highest BCUT2D eigenvalue weighted by molar-refractivity contribution is 8.03. The summed E-state index contributed by atoms with van der Waals surface area (Å²) >= 11 is 7.68. The lowest BCUT2D eigenvalue weighted by Crippen LogP contribution is -2.44. The normalized spacial score (nSPS) is 17.2. The highest BCUT2D eigenvalue weighted by Gasteiger charge is 2.44. The number of carboxylic acid groups (broad SMARTS) is 5. The lowest BCUT2D eigenvalue weighted by Gasteiger charge is -2.28. The molecule has 0 spiro atoms. The molecule has 46 heteroatoms. The predicted molar refractivity (Wildman–Crippen MR) is 394 cm³/mol. The van der Waals surface area contributed by atoms with E-state index in [1.165, 1.54) is 99.3 Å². The van der Waals surface area contributed by atoms with Crippen molar-refractivity contribution in [1.29, 1.82) is 0 Å². The van der Waals surface area contributed by atoms with Crippen molar-refractivity contribution in [1.82, 2.24) is 54.7 Å². The monoisotopic (exact) mass is 1560 g/mol. The number of nitrogens with two attached hydrogens (primary N) is 3. The zero-order valence-electron chi connectivity index (χ0n) is 56.9. The second-order valence-corrected chi connectivity index (χ2v) is 30.7. The van der Waals surface area contributed by atoms with Crippen LogP contribution in [0.15, 0.2) is 104 Å². The third kappa shape index (κ3) is 18.0. The maximum Gasteiger partial charge on any atom is 0.554 e. The van der Waals surface area contributed by atoms with E-state index in [1.54, 1.807) is 81.2 Å². The maximum absolute atomic E-state index is 11.5. The van der Waals surface area contributed by atoms with E-state index >= 15 is 0 Å². The number of aromatic nitrogens is 11. The Morgan fingerprint density at radius 2 is 0.783 bits per heavy atom. The largest absolute Gasteiger partial charge is 0.554 e. The van der Waals surface area contributed by atoms with Crippen LogP contribution in [0, 0.1) is 27.7 Å². The van der Waals surface area contributed by atoms with Crippen molar-refractivity contribution in [3.8, 4) is 28.7 Å². The van der Waals surface area contributed by atoms with Gasteiger partial charge in [-0.3, -0.25) is 0 Å². The summed E-state index contributed by atoms with van der Waals surface area (Å²) in [5.41, 5.74) is 12.2. The highest BCUT2D eigenvalue weighted by Crippen LogP contribution is 2.43. The molecular weight excluding hydrogens is 1500 g/mol. The van der Waals surface area contributed by atoms with Gasteiger partial charge in [-0.1, -0.05) is 113 Å². The number of aryl methyl sites for hydroxylation is 5. The van der Waals surface area contributed by atoms with Gasteiger partial charge in [-0.2, -0.15) is 0 Å². The fourth-order valence-corrected chi connectivity index (χ4v) is 16.9. The molecule has 14 rings (SSSR count). The van der Waals surface area contributed by atoms with Crippen molar-refractivity contribution in [3.63, 3.8) is 0 Å². The Morgan fingerprint density at radius 3 is 1.09 bits per heavy atom. The number of fused-ring (bicyclic) bond motifs is 5. The molecular formula is C60H65B5N14O21S6. The van der Waals surface area contributed by atoms with E-state index in [4.69, 9.17) is 50.5 Å². The minimum absolute atomic E-state index is 0.0829. The Labute approximate surface area is 629 Å². The second kappa shape index (κ2) is 34.5. The van der Waals surface area contributed by atoms with E-state index < -0.39 is 71.4 Å². The Balaban J connectivity index is 0.000000142. The van der Waals surface area contributed by atoms with Crippen LogP contribution in [-0.2, 0) is 43.9 Å². The van der Waals surface area contributed by atoms with Gasteiger partial charge in [-0.15, -0.1) is 52.6 Å². The standard InChI is InChI=1S/C13H14BN3O4S.C12H13BN4O4S2.C12H13BN4O4S.C12H12BN3O4S2.C11H13BO5/c1-7-3-4-8-5-9(22-13-16-15-6-17(13)2)14(20)21-11(8)10(7)12(18)19;1-22-7-3-2-6-4-8(23-12-16-15-5-17(12)14)13(20)21-10(6)9(7)11(18)19;1-6-2-3-7-4-8(22-12-16-15-5-17(12)14)13(20)21-10(7)9(6)11(18)19;1-5-2-3-6-4-7(21-12-16-15-11(14)22-12)13(19)20-9(6)8(5)10(17)18;1-6-3-4-7-5-8(16-2)12(15)17-10(7)9(6)11(13)14/h3-4,6,9,20H,5H2,1-2H3,(H,18,19);2-3,5,8,20H,4,14H2,1H3,(H,18,19);2-3,5,8,20H,4,14H2,1H3,(H,18,19);2-3,7,19H,4H2,1H3,(H2,14,15)(H,17,18);3-4,8,15H,5H2,1-2H3,(H,13,14)/t9-;2*8-;7-;8-/m00000/s1. The molecule has 5 aromatic carbocycles. The quantitative estimate of drug-likeness (QED) is 0.0397. The summed E-state index contributed by atoms with van der Waals surface area (Å²) in [4.78, 5) is 57.4. The van der Waals surface area contributed by atoms with Crippen LogP contribution in [0.25, 0.3) is 0 Å². The average Bonchev–Trinajstić information content (AvgIpc) is 1.28. The smallest absolute Gasteiger partial charge is 0.535 e. The molecule has 552 valence electrons. The number of carboxylic acids is 5. The molecule has 106 heavy (non-hydrogen) atoms. The molecule has 5 atom stereocenters. The number of nitrogens with zero attached hydrogens (tertiary/aromatic N) is 11. The first-order valence-electron chi connectivity index (χ1n) is 31.5. The Morgan fingerprint density at radius 1 is 0.462 bits per heavy atom. The van der Waals surface area contributed by atoms with Crippen LogP contribution in [0.1, 0.15) is 102 Å². The van der Waals surface area contributed by atoms with E-state index in [1.807, 2.05) is 31.3 Å². The number of methoxy groups -OCH3 is 1. The predicted octanol–water partition coefficient (Wildman–Crippen LogP) is 3.48. The average molecular weight is 1560 g/mol. The van der Waals surface area contributed by atoms with Gasteiger partial charge in [-0.25, -0.2) is 33.3 Å². The number of ether oxygens (including phenoxy) is 1. The van der Waals surface area contributed by atoms with Crippen LogP contribution in [0.3, 0.4) is 0 Å². The topological polar surface area (TPSA) is 539 Å². The molecule has 0 aliphatic carbocycles. The second-order valence-electron chi connectivity index (χ2n) is 23.8. The number of anilines is 1. The van der Waals surface area contributed by atoms with Crippen LogP contribution in [-0.4, -0.2) is 211 Å². The molecule has 9 aromatic rings. The van der Waals surface area contributed by atoms with Crippen LogP contribution in [0.2, 0.25) is 0 Å². The van der Waals surface area contributed by atoms with Crippen molar-refractivity contribution in [3.05, 3.63) is 158 Å². The minimum Gasteiger partial charge on any atom is -0.535 e. The van der Waals surface area contributed by atoms with Crippen molar-refractivity contribution in [2.24, 2.45) is 7.05 Å². The van der Waals surface area contributed by atoms with Gasteiger partial charge in [-0.05, 0) is 116 Å². The first kappa shape index (κ1) is 79.2. The Kier molecular flexibility index (Phi) is 25.8. The molecule has 0 bridgehead atoms. The number of nitrogen functional groups attached to an aromatic ring is 3. The SMILES string of the molecule is CO[C@H]1Cc2ccc(C)c(C(=O)O)c2OB1O.CSc1ccc2c(c1C(=O)O)OB(O)[C@@H](Sc1nncn1N)C2.Cc1ccc2c(c1C(=O)O)OB(O)[C@@H](Sc1nnc(N)s1)C2.Cc1ccc2c(c1C(=O)O)OB(O)[C@@H](Sc1nncn1C)C2.Cc1ccc2c(c1C(=O)O)OB(O)[C@@H](Sc1nncn1N)C2. The van der Waals surface area contributed by atoms with Crippen LogP contribution < -0.4 is 40.7 Å². The maximum atomic E-state index is 11.5. The summed E-state index contributed by atoms with van der Waals surface area (Å²) in [6.45, 7) is 6.79. The van der Waals surface area contributed by atoms with E-state index in [0.717, 1.165) is 27.8 Å². The van der Waals surface area contributed by atoms with E-state index in [-0.39, 0.29) is 77.2 Å². The highest BCUT2D eigenvalue weighted by atomic mass is 32.2. The number of hydrogen-bond acceptors (Lipinski definition) is 33. The number of thioether (sulfide) groups is 5. The molecule has 4 aromatic heterocycles. The molecule has 0 saturated heterocycles. The molecule has 35 nitrogen and oxygen atoms in total. The third-order valence-electron chi connectivity index (χ3n) is 16.7. The minimum atomic E-state index is -1.17. The lowest BCUT2D eigenvalue weighted by molar-refractivity contribution is 0.0679. The number of rotatable bonds is 15. The number of carbonyl (C=O) groups is 5. The molecule has 5 aliphatic rings. The lowest BCUT2D eigenvalue weighted by atomic mass is 9.74. The van der Waals surface area contributed by atoms with Gasteiger partial charge in [0, 0.05) is 25.5 Å². The van der Waals surface area contributed by atoms with Gasteiger partial charge < -0.3 is 101 Å². The van der Waals surface area contributed by atoms with Crippen LogP contribution >= 0.6 is 70.1 Å². The number of benzene rings is 5. The first-order valence-corrected chi connectivity index (χ1v) is 37.0. The van der Waals surface area contributed by atoms with Crippen molar-refractivity contribution in [2.75, 3.05) is 30.8 Å². The zero-order chi connectivity index (χ0) is 76.7. The van der Waals surface area contributed by atoms with E-state index in [0.29, 0.717) is 84.2 Å². The van der Waals surface area contributed by atoms with Crippen molar-refractivity contribution < 1.29 is 103 Å². The molecule has 0 radical (unpaired) electrons. The molecule has 9 heterocycles. The van der Waals surface area contributed by atoms with E-state index in [2.05, 4.69) is 40.8 Å². The summed E-state index contributed by atoms with van der Waals surface area (Å²) in [6.07, 6.45) is 8.37. The Bertz CT molecular complexity index is 4660. The van der Waals surface area contributed by atoms with Gasteiger partial charge in [0.05, 0.1) is 20.6 Å². The Hall–Kier alpha value is -9.34. The first-order chi connectivity index (χ1) is 50.4. The number of aromatic carboxylic acids is 5. The summed E-state index contributed by atoms with van der Waals surface area (Å²) < 4.78 is 37.2. The summed E-state index contributed by atoms with van der Waals surface area (Å²) in [7, 11) is -2.38. The van der Waals surface area contributed by atoms with Crippen LogP contribution in [0.5, 0.6) is 28.7 Å². The molecule has 5 aliphatic heterocycles. The summed E-state index contributed by atoms with van der Waals surface area (Å²) in [5, 5.41) is 128. The molecule has 0 unspecified atom stereocenters. The number of hydrogen-bond donors (Lipinski definition) is 13. The van der Waals surface area contributed by atoms with Gasteiger partial charge in [0.1, 0.15) is 81.6 Å². The van der Waals surface area contributed by atoms with Crippen LogP contribution in [0.4, 0.5) is 5.13 Å². The fourth-order valence-electron chi connectivity index (χ4n) is 11.4. The summed E-state index contributed by atoms with van der Waals surface area (Å²) in [5.74, 6) is 7.20. The third-order valence-corrected chi connectivity index (χ3v) is 23.2. The molecule has 0 fully saturated rings. The fraction of sp³-hybridized carbons (Fsp3) is 0.283. The van der Waals surface area contributed by atoms with Crippen molar-refractivity contribution >= 4 is 141 Å². The van der Waals surface area contributed by atoms with Gasteiger partial charge >= 0.3 is 65.4 Å². The van der Waals surface area contributed by atoms with Gasteiger partial charge in [0.2, 0.25) is 15.4 Å². The zero-order valence-corrected chi connectivity index (χ0v) is 61.8. The summed E-state index contributed by atoms with van der Waals surface area (Å²) in [6, 6.07) is 17.3. The van der Waals surface area contributed by atoms with E-state index in [9.17, 15) is 69.5 Å². The molecule has 0 saturated carbocycles. The van der Waals surface area contributed by atoms with Gasteiger partial charge in [0.25, 0.3) is 0 Å².